The number of nitro groups is 1. The fourth-order valence-corrected chi connectivity index (χ4v) is 1.88. The molecule has 3 rings (SSSR count). The molecule has 0 aliphatic heterocycles. The maximum absolute atomic E-state index is 11.9. The Kier molecular flexibility index (Phi) is 2.76. The molecule has 1 heterocycles. The van der Waals surface area contributed by atoms with Crippen molar-refractivity contribution in [1.29, 1.82) is 0 Å². The van der Waals surface area contributed by atoms with Crippen molar-refractivity contribution in [2.24, 2.45) is 0 Å². The maximum atomic E-state index is 11.9. The molecule has 0 aliphatic rings. The molecule has 0 aliphatic carbocycles. The van der Waals surface area contributed by atoms with E-state index in [0.717, 1.165) is 0 Å². The highest BCUT2D eigenvalue weighted by molar-refractivity contribution is 5.80. The Labute approximate surface area is 112 Å². The van der Waals surface area contributed by atoms with Crippen LogP contribution in [-0.4, -0.2) is 9.91 Å². The van der Waals surface area contributed by atoms with E-state index in [4.69, 9.17) is 4.42 Å². The first-order valence-electron chi connectivity index (χ1n) is 5.80. The number of hydrogen-bond acceptors (Lipinski definition) is 5. The second-order valence-corrected chi connectivity index (χ2v) is 4.13. The molecule has 6 heteroatoms. The Morgan fingerprint density at radius 3 is 2.55 bits per heavy atom. The van der Waals surface area contributed by atoms with E-state index in [-0.39, 0.29) is 17.0 Å². The van der Waals surface area contributed by atoms with Gasteiger partial charge in [-0.3, -0.25) is 10.1 Å². The topological polar surface area (TPSA) is 86.2 Å². The first-order valence-corrected chi connectivity index (χ1v) is 5.80. The lowest BCUT2D eigenvalue weighted by Crippen LogP contribution is -2.03. The summed E-state index contributed by atoms with van der Waals surface area (Å²) in [5, 5.41) is 10.8. The molecule has 0 unspecified atom stereocenters. The summed E-state index contributed by atoms with van der Waals surface area (Å²) in [5.41, 5.74) is 0.229. The van der Waals surface area contributed by atoms with E-state index in [1.807, 2.05) is 6.07 Å². The number of benzene rings is 2. The molecule has 6 nitrogen and oxygen atoms in total. The van der Waals surface area contributed by atoms with Crippen molar-refractivity contribution in [2.75, 3.05) is 0 Å². The van der Waals surface area contributed by atoms with Crippen molar-refractivity contribution in [3.8, 4) is 11.5 Å². The smallest absolute Gasteiger partial charge is 0.347 e. The van der Waals surface area contributed by atoms with Crippen LogP contribution in [0.15, 0.2) is 57.7 Å². The van der Waals surface area contributed by atoms with Gasteiger partial charge in [-0.1, -0.05) is 18.2 Å². The van der Waals surface area contributed by atoms with Crippen LogP contribution < -0.4 is 5.63 Å². The van der Waals surface area contributed by atoms with Crippen LogP contribution in [0.25, 0.3) is 22.4 Å². The van der Waals surface area contributed by atoms with Gasteiger partial charge in [-0.05, 0) is 18.2 Å². The minimum absolute atomic E-state index is 0.0962. The minimum atomic E-state index is -0.641. The van der Waals surface area contributed by atoms with E-state index in [1.165, 1.54) is 18.2 Å². The van der Waals surface area contributed by atoms with Crippen LogP contribution in [0.3, 0.4) is 0 Å². The molecular formula is C14H8N2O4. The first-order chi connectivity index (χ1) is 9.65. The summed E-state index contributed by atoms with van der Waals surface area (Å²) in [4.78, 5) is 26.3. The Morgan fingerprint density at radius 2 is 1.85 bits per heavy atom. The Hall–Kier alpha value is -3.02. The molecular weight excluding hydrogens is 260 g/mol. The average molecular weight is 268 g/mol. The number of non-ortho nitro benzene ring substituents is 1. The van der Waals surface area contributed by atoms with E-state index < -0.39 is 10.5 Å². The molecule has 0 amide bonds. The van der Waals surface area contributed by atoms with Gasteiger partial charge >= 0.3 is 5.63 Å². The van der Waals surface area contributed by atoms with E-state index in [2.05, 4.69) is 4.98 Å². The van der Waals surface area contributed by atoms with Crippen LogP contribution in [0.5, 0.6) is 0 Å². The summed E-state index contributed by atoms with van der Waals surface area (Å²) in [5.74, 6) is 0.192. The van der Waals surface area contributed by atoms with Crippen LogP contribution in [0.1, 0.15) is 0 Å². The van der Waals surface area contributed by atoms with Gasteiger partial charge in [-0.25, -0.2) is 9.78 Å². The second-order valence-electron chi connectivity index (χ2n) is 4.13. The van der Waals surface area contributed by atoms with Gasteiger partial charge in [0.15, 0.2) is 0 Å². The van der Waals surface area contributed by atoms with Gasteiger partial charge in [0.1, 0.15) is 0 Å². The lowest BCUT2D eigenvalue weighted by Gasteiger charge is -2.01. The van der Waals surface area contributed by atoms with Gasteiger partial charge in [-0.15, -0.1) is 0 Å². The minimum Gasteiger partial charge on any atom is -0.403 e. The van der Waals surface area contributed by atoms with E-state index in [0.29, 0.717) is 11.1 Å². The summed E-state index contributed by atoms with van der Waals surface area (Å²) in [6.07, 6.45) is 0. The molecule has 0 saturated carbocycles. The number of rotatable bonds is 2. The lowest BCUT2D eigenvalue weighted by atomic mass is 10.2. The third-order valence-electron chi connectivity index (χ3n) is 2.84. The Morgan fingerprint density at radius 1 is 1.10 bits per heavy atom. The lowest BCUT2D eigenvalue weighted by molar-refractivity contribution is -0.384. The van der Waals surface area contributed by atoms with Crippen LogP contribution in [0.2, 0.25) is 0 Å². The second kappa shape index (κ2) is 4.58. The molecule has 1 aromatic heterocycles. The van der Waals surface area contributed by atoms with Gasteiger partial charge < -0.3 is 4.42 Å². The molecule has 0 spiro atoms. The fraction of sp³-hybridized carbons (Fsp3) is 0. The number of hydrogen-bond donors (Lipinski definition) is 0. The summed E-state index contributed by atoms with van der Waals surface area (Å²) in [7, 11) is 0. The zero-order valence-electron chi connectivity index (χ0n) is 10.1. The summed E-state index contributed by atoms with van der Waals surface area (Å²) in [6.45, 7) is 0. The largest absolute Gasteiger partial charge is 0.403 e. The number of fused-ring (bicyclic) bond motifs is 1. The first kappa shape index (κ1) is 12.0. The monoisotopic (exact) mass is 268 g/mol. The highest BCUT2D eigenvalue weighted by Crippen LogP contribution is 2.21. The van der Waals surface area contributed by atoms with Crippen molar-refractivity contribution >= 4 is 16.6 Å². The summed E-state index contributed by atoms with van der Waals surface area (Å²) < 4.78 is 5.12. The summed E-state index contributed by atoms with van der Waals surface area (Å²) in [6, 6.07) is 12.9. The predicted octanol–water partition coefficient (Wildman–Crippen LogP) is 2.76. The van der Waals surface area contributed by atoms with E-state index in [1.54, 1.807) is 24.3 Å². The highest BCUT2D eigenvalue weighted by Gasteiger charge is 2.12. The molecule has 20 heavy (non-hydrogen) atoms. The Bertz CT molecular complexity index is 856. The molecule has 0 fully saturated rings. The fourth-order valence-electron chi connectivity index (χ4n) is 1.88. The molecule has 98 valence electrons. The molecule has 0 atom stereocenters. The van der Waals surface area contributed by atoms with Crippen molar-refractivity contribution in [3.05, 3.63) is 69.1 Å². The van der Waals surface area contributed by atoms with E-state index >= 15 is 0 Å². The SMILES string of the molecule is O=c1oc(-c2ccccc2)nc2ccc([N+](=O)[O-])cc12. The number of nitrogens with zero attached hydrogens (tertiary/aromatic N) is 2. The maximum Gasteiger partial charge on any atom is 0.347 e. The van der Waals surface area contributed by atoms with Crippen molar-refractivity contribution < 1.29 is 9.34 Å². The third kappa shape index (κ3) is 2.03. The molecule has 0 saturated heterocycles. The van der Waals surface area contributed by atoms with Crippen LogP contribution in [-0.2, 0) is 0 Å². The van der Waals surface area contributed by atoms with Crippen LogP contribution in [0, 0.1) is 10.1 Å². The average Bonchev–Trinajstić information content (AvgIpc) is 2.47. The molecule has 3 aromatic rings. The van der Waals surface area contributed by atoms with Crippen molar-refractivity contribution in [2.45, 2.75) is 0 Å². The van der Waals surface area contributed by atoms with Gasteiger partial charge in [0, 0.05) is 17.7 Å². The standard InChI is InChI=1S/C14H8N2O4/c17-14-11-8-10(16(18)19)6-7-12(11)15-13(20-14)9-4-2-1-3-5-9/h1-8H. The van der Waals surface area contributed by atoms with Gasteiger partial charge in [0.2, 0.25) is 5.89 Å². The Balaban J connectivity index is 2.24. The normalized spacial score (nSPS) is 10.6. The zero-order valence-corrected chi connectivity index (χ0v) is 10.1. The molecule has 0 N–H and O–H groups in total. The van der Waals surface area contributed by atoms with Gasteiger partial charge in [-0.2, -0.15) is 0 Å². The van der Waals surface area contributed by atoms with Gasteiger partial charge in [0.25, 0.3) is 5.69 Å². The molecule has 2 aromatic carbocycles. The van der Waals surface area contributed by atoms with Gasteiger partial charge in [0.05, 0.1) is 15.8 Å². The van der Waals surface area contributed by atoms with E-state index in [9.17, 15) is 14.9 Å². The van der Waals surface area contributed by atoms with Crippen LogP contribution in [0.4, 0.5) is 5.69 Å². The quantitative estimate of drug-likeness (QED) is 0.527. The third-order valence-corrected chi connectivity index (χ3v) is 2.84. The summed E-state index contributed by atoms with van der Waals surface area (Å²) >= 11 is 0. The highest BCUT2D eigenvalue weighted by atomic mass is 16.6. The zero-order chi connectivity index (χ0) is 14.1. The van der Waals surface area contributed by atoms with Crippen molar-refractivity contribution in [3.63, 3.8) is 0 Å². The van der Waals surface area contributed by atoms with Crippen LogP contribution >= 0.6 is 0 Å². The molecule has 0 bridgehead atoms. The number of aromatic nitrogens is 1. The predicted molar refractivity (Wildman–Crippen MR) is 72.4 cm³/mol. The number of nitro benzene ring substituents is 1. The van der Waals surface area contributed by atoms with Crippen molar-refractivity contribution in [1.82, 2.24) is 4.98 Å². The molecule has 0 radical (unpaired) electrons.